The minimum atomic E-state index is -0.225. The van der Waals surface area contributed by atoms with E-state index in [9.17, 15) is 4.79 Å². The summed E-state index contributed by atoms with van der Waals surface area (Å²) in [6, 6.07) is 13.3. The molecule has 1 heterocycles. The number of halogens is 2. The number of thioether (sulfide) groups is 1. The maximum atomic E-state index is 12.6. The number of para-hydroxylation sites is 1. The Morgan fingerprint density at radius 2 is 1.59 bits per heavy atom. The standard InChI is InChI=1S/C33H47ClN2O3S.BrH/c1-3-4-5-6-7-8-9-10-11-12-13-14-21-38-33-30(34)19-16-20-31(33)39-24-32(37)35-29-18-15-17-28(22-29)23-36-26-40-25-27(36)2;/h15-20,22,25H,3-14,21,23-24,26H2,1-2H3,(H,35,37);1H. The van der Waals surface area contributed by atoms with Crippen molar-refractivity contribution in [2.75, 3.05) is 24.4 Å². The molecule has 3 rings (SSSR count). The lowest BCUT2D eigenvalue weighted by Crippen LogP contribution is -2.21. The van der Waals surface area contributed by atoms with Crippen molar-refractivity contribution < 1.29 is 14.3 Å². The van der Waals surface area contributed by atoms with Crippen molar-refractivity contribution in [3.63, 3.8) is 0 Å². The van der Waals surface area contributed by atoms with Gasteiger partial charge in [0.2, 0.25) is 0 Å². The van der Waals surface area contributed by atoms with Crippen molar-refractivity contribution in [2.24, 2.45) is 0 Å². The Morgan fingerprint density at radius 3 is 2.24 bits per heavy atom. The van der Waals surface area contributed by atoms with E-state index in [1.165, 1.54) is 69.9 Å². The first kappa shape index (κ1) is 35.4. The molecule has 228 valence electrons. The van der Waals surface area contributed by atoms with Crippen LogP contribution in [0.3, 0.4) is 0 Å². The molecule has 0 bridgehead atoms. The Balaban J connectivity index is 0.00000588. The fraction of sp³-hybridized carbons (Fsp3) is 0.545. The van der Waals surface area contributed by atoms with Crippen molar-refractivity contribution in [3.05, 3.63) is 64.2 Å². The Labute approximate surface area is 267 Å². The summed E-state index contributed by atoms with van der Waals surface area (Å²) >= 11 is 8.21. The molecule has 0 radical (unpaired) electrons. The number of benzene rings is 2. The number of carbonyl (C=O) groups is 1. The van der Waals surface area contributed by atoms with Gasteiger partial charge in [-0.05, 0) is 48.6 Å². The zero-order valence-electron chi connectivity index (χ0n) is 24.8. The van der Waals surface area contributed by atoms with Crippen molar-refractivity contribution in [3.8, 4) is 11.5 Å². The van der Waals surface area contributed by atoms with Gasteiger partial charge in [-0.15, -0.1) is 28.7 Å². The highest BCUT2D eigenvalue weighted by Crippen LogP contribution is 2.35. The van der Waals surface area contributed by atoms with Crippen LogP contribution in [0.4, 0.5) is 5.69 Å². The molecular weight excluding hydrogens is 620 g/mol. The van der Waals surface area contributed by atoms with E-state index in [0.717, 1.165) is 36.5 Å². The fourth-order valence-corrected chi connectivity index (χ4v) is 5.92. The Hall–Kier alpha value is -1.83. The van der Waals surface area contributed by atoms with Crippen LogP contribution in [0.2, 0.25) is 5.02 Å². The number of carbonyl (C=O) groups excluding carboxylic acids is 1. The largest absolute Gasteiger partial charge is 0.488 e. The van der Waals surface area contributed by atoms with Gasteiger partial charge >= 0.3 is 0 Å². The molecular formula is C33H48BrClN2O3S. The summed E-state index contributed by atoms with van der Waals surface area (Å²) in [6.45, 7) is 5.67. The smallest absolute Gasteiger partial charge is 0.262 e. The molecule has 0 fully saturated rings. The minimum Gasteiger partial charge on any atom is -0.488 e. The van der Waals surface area contributed by atoms with E-state index >= 15 is 0 Å². The normalized spacial score (nSPS) is 12.6. The van der Waals surface area contributed by atoms with Gasteiger partial charge in [0.1, 0.15) is 0 Å². The lowest BCUT2D eigenvalue weighted by Gasteiger charge is -2.19. The van der Waals surface area contributed by atoms with Crippen LogP contribution in [-0.4, -0.2) is 29.9 Å². The molecule has 0 atom stereocenters. The molecule has 0 saturated heterocycles. The van der Waals surface area contributed by atoms with Gasteiger partial charge in [-0.1, -0.05) is 107 Å². The molecule has 2 aromatic carbocycles. The van der Waals surface area contributed by atoms with E-state index in [4.69, 9.17) is 21.1 Å². The first-order valence-electron chi connectivity index (χ1n) is 15.0. The van der Waals surface area contributed by atoms with Crippen LogP contribution in [0.15, 0.2) is 53.6 Å². The van der Waals surface area contributed by atoms with Crippen LogP contribution in [0, 0.1) is 0 Å². The lowest BCUT2D eigenvalue weighted by atomic mass is 10.1. The SMILES string of the molecule is Br.CCCCCCCCCCCCCCOc1c(Cl)cccc1OCC(=O)Nc1cccc(CN2CSC=C2C)c1. The second-order valence-corrected chi connectivity index (χ2v) is 11.8. The summed E-state index contributed by atoms with van der Waals surface area (Å²) in [7, 11) is 0. The number of hydrogen-bond donors (Lipinski definition) is 1. The predicted octanol–water partition coefficient (Wildman–Crippen LogP) is 10.4. The van der Waals surface area contributed by atoms with Crippen molar-refractivity contribution in [2.45, 2.75) is 97.4 Å². The van der Waals surface area contributed by atoms with E-state index in [-0.39, 0.29) is 29.5 Å². The molecule has 2 aromatic rings. The molecule has 1 aliphatic heterocycles. The number of allylic oxidation sites excluding steroid dienone is 1. The number of rotatable bonds is 20. The van der Waals surface area contributed by atoms with Gasteiger partial charge in [-0.2, -0.15) is 0 Å². The van der Waals surface area contributed by atoms with Crippen molar-refractivity contribution in [1.29, 1.82) is 0 Å². The molecule has 0 spiro atoms. The second-order valence-electron chi connectivity index (χ2n) is 10.6. The third-order valence-corrected chi connectivity index (χ3v) is 8.37. The van der Waals surface area contributed by atoms with E-state index < -0.39 is 0 Å². The molecule has 5 nitrogen and oxygen atoms in total. The number of amides is 1. The van der Waals surface area contributed by atoms with Gasteiger partial charge < -0.3 is 19.7 Å². The highest BCUT2D eigenvalue weighted by molar-refractivity contribution is 8.93. The number of nitrogens with one attached hydrogen (secondary N) is 1. The first-order chi connectivity index (χ1) is 19.6. The van der Waals surface area contributed by atoms with Crippen LogP contribution in [-0.2, 0) is 11.3 Å². The zero-order valence-corrected chi connectivity index (χ0v) is 28.1. The first-order valence-corrected chi connectivity index (χ1v) is 16.5. The summed E-state index contributed by atoms with van der Waals surface area (Å²) in [4.78, 5) is 15.0. The van der Waals surface area contributed by atoms with Gasteiger partial charge in [-0.25, -0.2) is 0 Å². The molecule has 0 aliphatic carbocycles. The molecule has 41 heavy (non-hydrogen) atoms. The molecule has 0 unspecified atom stereocenters. The Morgan fingerprint density at radius 1 is 0.927 bits per heavy atom. The van der Waals surface area contributed by atoms with E-state index in [1.54, 1.807) is 23.9 Å². The van der Waals surface area contributed by atoms with Gasteiger partial charge in [0, 0.05) is 17.9 Å². The zero-order chi connectivity index (χ0) is 28.4. The molecule has 1 aliphatic rings. The van der Waals surface area contributed by atoms with Crippen LogP contribution in [0.1, 0.15) is 96.5 Å². The minimum absolute atomic E-state index is 0. The average Bonchev–Trinajstić information content (AvgIpc) is 3.35. The van der Waals surface area contributed by atoms with Crippen LogP contribution in [0.25, 0.3) is 0 Å². The molecule has 8 heteroatoms. The quantitative estimate of drug-likeness (QED) is 0.142. The van der Waals surface area contributed by atoms with E-state index in [1.807, 2.05) is 24.3 Å². The lowest BCUT2D eigenvalue weighted by molar-refractivity contribution is -0.118. The maximum Gasteiger partial charge on any atom is 0.262 e. The molecule has 1 amide bonds. The van der Waals surface area contributed by atoms with Crippen LogP contribution in [0.5, 0.6) is 11.5 Å². The molecule has 0 aromatic heterocycles. The summed E-state index contributed by atoms with van der Waals surface area (Å²) in [5.41, 5.74) is 3.18. The summed E-state index contributed by atoms with van der Waals surface area (Å²) in [6.07, 6.45) is 15.6. The van der Waals surface area contributed by atoms with E-state index in [2.05, 4.69) is 35.5 Å². The van der Waals surface area contributed by atoms with Gasteiger partial charge in [0.25, 0.3) is 5.91 Å². The van der Waals surface area contributed by atoms with Crippen molar-refractivity contribution in [1.82, 2.24) is 4.90 Å². The Kier molecular flexibility index (Phi) is 18.1. The predicted molar refractivity (Wildman–Crippen MR) is 181 cm³/mol. The Bertz CT molecular complexity index is 1070. The van der Waals surface area contributed by atoms with Gasteiger partial charge in [-0.3, -0.25) is 4.79 Å². The van der Waals surface area contributed by atoms with Crippen LogP contribution < -0.4 is 14.8 Å². The van der Waals surface area contributed by atoms with E-state index in [0.29, 0.717) is 23.1 Å². The maximum absolute atomic E-state index is 12.6. The highest BCUT2D eigenvalue weighted by Gasteiger charge is 2.14. The molecule has 0 saturated carbocycles. The fourth-order valence-electron chi connectivity index (χ4n) is 4.76. The molecule has 1 N–H and O–H groups in total. The third kappa shape index (κ3) is 13.8. The number of anilines is 1. The summed E-state index contributed by atoms with van der Waals surface area (Å²) in [5.74, 6) is 1.73. The number of hydrogen-bond acceptors (Lipinski definition) is 5. The number of ether oxygens (including phenoxy) is 2. The monoisotopic (exact) mass is 666 g/mol. The van der Waals surface area contributed by atoms with Gasteiger partial charge in [0.15, 0.2) is 18.1 Å². The van der Waals surface area contributed by atoms with Crippen LogP contribution >= 0.6 is 40.3 Å². The third-order valence-electron chi connectivity index (χ3n) is 7.10. The second kappa shape index (κ2) is 21.0. The number of nitrogens with zero attached hydrogens (tertiary/aromatic N) is 1. The average molecular weight is 668 g/mol. The summed E-state index contributed by atoms with van der Waals surface area (Å²) in [5, 5.41) is 5.61. The van der Waals surface area contributed by atoms with Gasteiger partial charge in [0.05, 0.1) is 17.5 Å². The topological polar surface area (TPSA) is 50.8 Å². The number of unbranched alkanes of at least 4 members (excludes halogenated alkanes) is 11. The summed E-state index contributed by atoms with van der Waals surface area (Å²) < 4.78 is 11.8. The highest BCUT2D eigenvalue weighted by atomic mass is 79.9. The van der Waals surface area contributed by atoms with Crippen molar-refractivity contribution >= 4 is 51.9 Å².